The van der Waals surface area contributed by atoms with Crippen LogP contribution in [0.4, 0.5) is 24.9 Å². The maximum atomic E-state index is 12.6. The van der Waals surface area contributed by atoms with Crippen LogP contribution in [0.2, 0.25) is 0 Å². The highest BCUT2D eigenvalue weighted by atomic mass is 19.4. The van der Waals surface area contributed by atoms with Crippen LogP contribution < -0.4 is 10.6 Å². The van der Waals surface area contributed by atoms with Crippen molar-refractivity contribution in [2.75, 3.05) is 23.7 Å². The molecule has 1 aliphatic heterocycles. The zero-order valence-electron chi connectivity index (χ0n) is 9.48. The molecule has 1 fully saturated rings. The van der Waals surface area contributed by atoms with Gasteiger partial charge in [-0.25, -0.2) is 4.98 Å². The second-order valence-electron chi connectivity index (χ2n) is 4.19. The van der Waals surface area contributed by atoms with Gasteiger partial charge in [0.25, 0.3) is 0 Å². The summed E-state index contributed by atoms with van der Waals surface area (Å²) < 4.78 is 37.7. The summed E-state index contributed by atoms with van der Waals surface area (Å²) in [6, 6.07) is 0.883. The Hall–Kier alpha value is -1.57. The Morgan fingerprint density at radius 3 is 2.44 bits per heavy atom. The quantitative estimate of drug-likeness (QED) is 0.791. The van der Waals surface area contributed by atoms with E-state index in [-0.39, 0.29) is 5.82 Å². The molecule has 0 bridgehead atoms. The normalized spacial score (nSPS) is 18.1. The first-order valence-electron chi connectivity index (χ1n) is 5.51. The van der Waals surface area contributed by atoms with Crippen molar-refractivity contribution in [1.82, 2.24) is 9.97 Å². The van der Waals surface area contributed by atoms with Crippen LogP contribution in [-0.2, 0) is 6.18 Å². The highest BCUT2D eigenvalue weighted by Crippen LogP contribution is 2.30. The molecule has 1 saturated heterocycles. The molecule has 1 aromatic heterocycles. The molecule has 2 heterocycles. The molecule has 5 nitrogen and oxygen atoms in total. The largest absolute Gasteiger partial charge is 0.433 e. The van der Waals surface area contributed by atoms with Gasteiger partial charge in [0.1, 0.15) is 5.82 Å². The zero-order chi connectivity index (χ0) is 13.3. The van der Waals surface area contributed by atoms with E-state index in [9.17, 15) is 18.3 Å². The van der Waals surface area contributed by atoms with Crippen LogP contribution in [0.1, 0.15) is 18.5 Å². The minimum absolute atomic E-state index is 0.154. The monoisotopic (exact) mass is 262 g/mol. The summed E-state index contributed by atoms with van der Waals surface area (Å²) in [5.41, 5.74) is 4.25. The number of alkyl halides is 3. The average Bonchev–Trinajstić information content (AvgIpc) is 2.28. The highest BCUT2D eigenvalue weighted by molar-refractivity contribution is 5.44. The van der Waals surface area contributed by atoms with Crippen molar-refractivity contribution in [3.05, 3.63) is 11.8 Å². The Labute approximate surface area is 101 Å². The maximum Gasteiger partial charge on any atom is 0.433 e. The first kappa shape index (κ1) is 12.9. The molecule has 1 aliphatic rings. The fourth-order valence-electron chi connectivity index (χ4n) is 1.85. The molecule has 0 spiro atoms. The molecular weight excluding hydrogens is 249 g/mol. The smallest absolute Gasteiger partial charge is 0.393 e. The molecule has 0 radical (unpaired) electrons. The van der Waals surface area contributed by atoms with Gasteiger partial charge in [-0.1, -0.05) is 0 Å². The van der Waals surface area contributed by atoms with Crippen LogP contribution >= 0.6 is 0 Å². The van der Waals surface area contributed by atoms with E-state index in [0.29, 0.717) is 25.9 Å². The molecule has 1 aromatic rings. The molecule has 3 N–H and O–H groups in total. The number of aromatic nitrogens is 2. The summed E-state index contributed by atoms with van der Waals surface area (Å²) in [7, 11) is 0. The van der Waals surface area contributed by atoms with Crippen LogP contribution in [0.15, 0.2) is 6.07 Å². The molecule has 8 heteroatoms. The van der Waals surface area contributed by atoms with E-state index >= 15 is 0 Å². The van der Waals surface area contributed by atoms with Gasteiger partial charge in [-0.3, -0.25) is 0 Å². The third-order valence-corrected chi connectivity index (χ3v) is 2.81. The molecular formula is C10H13F3N4O. The Bertz CT molecular complexity index is 430. The van der Waals surface area contributed by atoms with Gasteiger partial charge in [-0.2, -0.15) is 18.2 Å². The third kappa shape index (κ3) is 2.81. The molecule has 0 aliphatic carbocycles. The molecule has 100 valence electrons. The molecule has 0 aromatic carbocycles. The Kier molecular flexibility index (Phi) is 3.29. The predicted molar refractivity (Wildman–Crippen MR) is 58.9 cm³/mol. The molecule has 0 amide bonds. The lowest BCUT2D eigenvalue weighted by molar-refractivity contribution is -0.141. The highest BCUT2D eigenvalue weighted by Gasteiger charge is 2.34. The minimum atomic E-state index is -4.54. The number of piperidine rings is 1. The summed E-state index contributed by atoms with van der Waals surface area (Å²) >= 11 is 0. The van der Waals surface area contributed by atoms with Crippen molar-refractivity contribution in [1.29, 1.82) is 0 Å². The van der Waals surface area contributed by atoms with Gasteiger partial charge in [0.15, 0.2) is 5.69 Å². The number of nitrogen functional groups attached to an aromatic ring is 1. The molecule has 0 unspecified atom stereocenters. The van der Waals surface area contributed by atoms with E-state index in [2.05, 4.69) is 9.97 Å². The van der Waals surface area contributed by atoms with E-state index in [1.165, 1.54) is 0 Å². The van der Waals surface area contributed by atoms with E-state index < -0.39 is 23.9 Å². The topological polar surface area (TPSA) is 75.3 Å². The van der Waals surface area contributed by atoms with Crippen molar-refractivity contribution in [3.63, 3.8) is 0 Å². The van der Waals surface area contributed by atoms with Crippen LogP contribution in [-0.4, -0.2) is 34.3 Å². The SMILES string of the molecule is Nc1nc(N2CCC(O)CC2)cc(C(F)(F)F)n1. The molecule has 0 atom stereocenters. The van der Waals surface area contributed by atoms with Gasteiger partial charge in [0.05, 0.1) is 6.10 Å². The number of hydrogen-bond acceptors (Lipinski definition) is 5. The van der Waals surface area contributed by atoms with Crippen molar-refractivity contribution in [3.8, 4) is 0 Å². The molecule has 2 rings (SSSR count). The maximum absolute atomic E-state index is 12.6. The minimum Gasteiger partial charge on any atom is -0.393 e. The van der Waals surface area contributed by atoms with Crippen molar-refractivity contribution >= 4 is 11.8 Å². The Morgan fingerprint density at radius 1 is 1.28 bits per heavy atom. The summed E-state index contributed by atoms with van der Waals surface area (Å²) in [5, 5.41) is 9.35. The number of anilines is 2. The molecule has 18 heavy (non-hydrogen) atoms. The van der Waals surface area contributed by atoms with E-state index in [0.717, 1.165) is 6.07 Å². The van der Waals surface area contributed by atoms with Crippen molar-refractivity contribution in [2.45, 2.75) is 25.1 Å². The average molecular weight is 262 g/mol. The van der Waals surface area contributed by atoms with Crippen LogP contribution in [0.5, 0.6) is 0 Å². The molecule has 0 saturated carbocycles. The Morgan fingerprint density at radius 2 is 1.89 bits per heavy atom. The number of rotatable bonds is 1. The number of aliphatic hydroxyl groups excluding tert-OH is 1. The summed E-state index contributed by atoms with van der Waals surface area (Å²) in [6.07, 6.45) is -3.93. The standard InChI is InChI=1S/C10H13F3N4O/c11-10(12,13)7-5-8(16-9(14)15-7)17-3-1-6(18)2-4-17/h5-6,18H,1-4H2,(H2,14,15,16). The van der Waals surface area contributed by atoms with Crippen molar-refractivity contribution < 1.29 is 18.3 Å². The second kappa shape index (κ2) is 4.60. The van der Waals surface area contributed by atoms with Crippen LogP contribution in [0, 0.1) is 0 Å². The van der Waals surface area contributed by atoms with E-state index in [1.807, 2.05) is 0 Å². The number of aliphatic hydroxyl groups is 1. The van der Waals surface area contributed by atoms with Gasteiger partial charge in [-0.05, 0) is 12.8 Å². The summed E-state index contributed by atoms with van der Waals surface area (Å²) in [6.45, 7) is 0.907. The Balaban J connectivity index is 2.25. The predicted octanol–water partition coefficient (Wildman–Crippen LogP) is 1.04. The third-order valence-electron chi connectivity index (χ3n) is 2.81. The number of nitrogens with two attached hydrogens (primary N) is 1. The lowest BCUT2D eigenvalue weighted by Crippen LogP contribution is -2.36. The van der Waals surface area contributed by atoms with Gasteiger partial charge in [-0.15, -0.1) is 0 Å². The van der Waals surface area contributed by atoms with E-state index in [4.69, 9.17) is 5.73 Å². The first-order chi connectivity index (χ1) is 8.36. The van der Waals surface area contributed by atoms with Gasteiger partial charge < -0.3 is 15.7 Å². The van der Waals surface area contributed by atoms with Gasteiger partial charge in [0.2, 0.25) is 5.95 Å². The van der Waals surface area contributed by atoms with Crippen molar-refractivity contribution in [2.24, 2.45) is 0 Å². The summed E-state index contributed by atoms with van der Waals surface area (Å²) in [5.74, 6) is -0.243. The van der Waals surface area contributed by atoms with Gasteiger partial charge in [0, 0.05) is 19.2 Å². The number of nitrogens with zero attached hydrogens (tertiary/aromatic N) is 3. The first-order valence-corrected chi connectivity index (χ1v) is 5.51. The number of hydrogen-bond donors (Lipinski definition) is 2. The fourth-order valence-corrected chi connectivity index (χ4v) is 1.85. The second-order valence-corrected chi connectivity index (χ2v) is 4.19. The lowest BCUT2D eigenvalue weighted by Gasteiger charge is -2.30. The lowest BCUT2D eigenvalue weighted by atomic mass is 10.1. The fraction of sp³-hybridized carbons (Fsp3) is 0.600. The van der Waals surface area contributed by atoms with E-state index in [1.54, 1.807) is 4.90 Å². The van der Waals surface area contributed by atoms with Crippen LogP contribution in [0.3, 0.4) is 0 Å². The van der Waals surface area contributed by atoms with Crippen LogP contribution in [0.25, 0.3) is 0 Å². The number of halogens is 3. The summed E-state index contributed by atoms with van der Waals surface area (Å²) in [4.78, 5) is 8.65. The zero-order valence-corrected chi connectivity index (χ0v) is 9.48. The van der Waals surface area contributed by atoms with Gasteiger partial charge >= 0.3 is 6.18 Å².